The number of nitrogens with zero attached hydrogens (tertiary/aromatic N) is 4. The topological polar surface area (TPSA) is 81.9 Å². The van der Waals surface area contributed by atoms with E-state index in [0.29, 0.717) is 24.5 Å². The molecule has 1 amide bonds. The third kappa shape index (κ3) is 3.14. The summed E-state index contributed by atoms with van der Waals surface area (Å²) in [5.41, 5.74) is 1.40. The fraction of sp³-hybridized carbons (Fsp3) is 0.333. The van der Waals surface area contributed by atoms with Crippen molar-refractivity contribution < 1.29 is 9.53 Å². The number of methoxy groups -OCH3 is 1. The highest BCUT2D eigenvalue weighted by atomic mass is 16.5. The second kappa shape index (κ2) is 6.05. The molecule has 0 atom stereocenters. The summed E-state index contributed by atoms with van der Waals surface area (Å²) < 4.78 is 6.47. The summed E-state index contributed by atoms with van der Waals surface area (Å²) in [5, 5.41) is 14.0. The number of hydrogen-bond acceptors (Lipinski definition) is 5. The van der Waals surface area contributed by atoms with E-state index in [1.165, 1.54) is 0 Å². The van der Waals surface area contributed by atoms with Crippen molar-refractivity contribution in [3.8, 4) is 5.69 Å². The number of aryl methyl sites for hydroxylation is 1. The van der Waals surface area contributed by atoms with Crippen LogP contribution in [0.25, 0.3) is 5.69 Å². The zero-order chi connectivity index (χ0) is 13.7. The normalized spacial score (nSPS) is 10.4. The number of aromatic nitrogens is 4. The molecule has 0 unspecified atom stereocenters. The van der Waals surface area contributed by atoms with Gasteiger partial charge in [0.25, 0.3) is 5.91 Å². The van der Waals surface area contributed by atoms with E-state index in [0.717, 1.165) is 5.69 Å². The fourth-order valence-corrected chi connectivity index (χ4v) is 1.59. The second-order valence-corrected chi connectivity index (χ2v) is 3.93. The van der Waals surface area contributed by atoms with Gasteiger partial charge in [-0.1, -0.05) is 0 Å². The van der Waals surface area contributed by atoms with Crippen molar-refractivity contribution in [2.24, 2.45) is 0 Å². The maximum atomic E-state index is 11.8. The quantitative estimate of drug-likeness (QED) is 0.785. The van der Waals surface area contributed by atoms with Crippen molar-refractivity contribution in [3.63, 3.8) is 0 Å². The molecular formula is C12H15N5O2. The molecule has 7 nitrogen and oxygen atoms in total. The van der Waals surface area contributed by atoms with Gasteiger partial charge in [-0.15, -0.1) is 5.10 Å². The highest BCUT2D eigenvalue weighted by molar-refractivity contribution is 5.94. The molecule has 0 spiro atoms. The standard InChI is InChI=1S/C12H15N5O2/c1-9-14-15-16-17(9)11-5-3-10(4-6-11)12(18)13-7-8-19-2/h3-6H,7-8H2,1-2H3,(H,13,18). The predicted molar refractivity (Wildman–Crippen MR) is 68.1 cm³/mol. The number of amides is 1. The number of ether oxygens (including phenoxy) is 1. The van der Waals surface area contributed by atoms with Gasteiger partial charge in [0.15, 0.2) is 5.82 Å². The van der Waals surface area contributed by atoms with Gasteiger partial charge in [0.1, 0.15) is 0 Å². The minimum Gasteiger partial charge on any atom is -0.383 e. The first-order valence-electron chi connectivity index (χ1n) is 5.85. The van der Waals surface area contributed by atoms with E-state index in [2.05, 4.69) is 20.8 Å². The first kappa shape index (κ1) is 13.2. The van der Waals surface area contributed by atoms with Crippen LogP contribution in [-0.2, 0) is 4.74 Å². The van der Waals surface area contributed by atoms with Gasteiger partial charge in [-0.25, -0.2) is 0 Å². The molecule has 0 fully saturated rings. The highest BCUT2D eigenvalue weighted by Crippen LogP contribution is 2.09. The lowest BCUT2D eigenvalue weighted by atomic mass is 10.2. The van der Waals surface area contributed by atoms with Gasteiger partial charge < -0.3 is 10.1 Å². The van der Waals surface area contributed by atoms with Crippen LogP contribution in [0.5, 0.6) is 0 Å². The summed E-state index contributed by atoms with van der Waals surface area (Å²) in [5.74, 6) is 0.564. The zero-order valence-corrected chi connectivity index (χ0v) is 10.8. The first-order chi connectivity index (χ1) is 9.22. The van der Waals surface area contributed by atoms with Crippen molar-refractivity contribution >= 4 is 5.91 Å². The zero-order valence-electron chi connectivity index (χ0n) is 10.8. The van der Waals surface area contributed by atoms with Gasteiger partial charge in [0.05, 0.1) is 12.3 Å². The second-order valence-electron chi connectivity index (χ2n) is 3.93. The average Bonchev–Trinajstić information content (AvgIpc) is 2.85. The van der Waals surface area contributed by atoms with E-state index < -0.39 is 0 Å². The summed E-state index contributed by atoms with van der Waals surface area (Å²) in [6, 6.07) is 7.07. The average molecular weight is 261 g/mol. The van der Waals surface area contributed by atoms with Crippen LogP contribution < -0.4 is 5.32 Å². The Morgan fingerprint density at radius 1 is 1.37 bits per heavy atom. The van der Waals surface area contributed by atoms with Crippen LogP contribution in [0.2, 0.25) is 0 Å². The monoisotopic (exact) mass is 261 g/mol. The van der Waals surface area contributed by atoms with E-state index in [1.54, 1.807) is 36.1 Å². The van der Waals surface area contributed by atoms with Crippen LogP contribution in [0.4, 0.5) is 0 Å². The molecule has 100 valence electrons. The molecule has 19 heavy (non-hydrogen) atoms. The van der Waals surface area contributed by atoms with E-state index in [4.69, 9.17) is 4.74 Å². The molecule has 0 aliphatic rings. The summed E-state index contributed by atoms with van der Waals surface area (Å²) in [4.78, 5) is 11.8. The Bertz CT molecular complexity index is 550. The van der Waals surface area contributed by atoms with Gasteiger partial charge in [-0.3, -0.25) is 4.79 Å². The Labute approximate surface area is 110 Å². The number of carbonyl (C=O) groups excluding carboxylic acids is 1. The summed E-state index contributed by atoms with van der Waals surface area (Å²) >= 11 is 0. The molecule has 2 aromatic rings. The number of rotatable bonds is 5. The van der Waals surface area contributed by atoms with Gasteiger partial charge >= 0.3 is 0 Å². The van der Waals surface area contributed by atoms with Crippen LogP contribution in [-0.4, -0.2) is 46.4 Å². The number of hydrogen-bond donors (Lipinski definition) is 1. The smallest absolute Gasteiger partial charge is 0.251 e. The predicted octanol–water partition coefficient (Wildman–Crippen LogP) is 0.347. The SMILES string of the molecule is COCCNC(=O)c1ccc(-n2nnnc2C)cc1. The van der Waals surface area contributed by atoms with Crippen LogP contribution in [0.15, 0.2) is 24.3 Å². The van der Waals surface area contributed by atoms with Crippen LogP contribution >= 0.6 is 0 Å². The van der Waals surface area contributed by atoms with Crippen molar-refractivity contribution in [1.82, 2.24) is 25.5 Å². The molecule has 0 saturated heterocycles. The van der Waals surface area contributed by atoms with Crippen LogP contribution in [0.1, 0.15) is 16.2 Å². The van der Waals surface area contributed by atoms with E-state index in [1.807, 2.05) is 6.92 Å². The molecule has 1 aromatic carbocycles. The molecular weight excluding hydrogens is 246 g/mol. The molecule has 0 saturated carbocycles. The molecule has 1 aromatic heterocycles. The summed E-state index contributed by atoms with van der Waals surface area (Å²) in [6.07, 6.45) is 0. The van der Waals surface area contributed by atoms with Crippen molar-refractivity contribution in [1.29, 1.82) is 0 Å². The molecule has 0 aliphatic heterocycles. The molecule has 7 heteroatoms. The van der Waals surface area contributed by atoms with E-state index >= 15 is 0 Å². The maximum Gasteiger partial charge on any atom is 0.251 e. The third-order valence-electron chi connectivity index (χ3n) is 2.59. The van der Waals surface area contributed by atoms with Gasteiger partial charge in [-0.05, 0) is 41.6 Å². The Morgan fingerprint density at radius 3 is 2.68 bits per heavy atom. The van der Waals surface area contributed by atoms with Crippen molar-refractivity contribution in [2.75, 3.05) is 20.3 Å². The molecule has 1 N–H and O–H groups in total. The van der Waals surface area contributed by atoms with Crippen molar-refractivity contribution in [3.05, 3.63) is 35.7 Å². The van der Waals surface area contributed by atoms with Gasteiger partial charge in [0.2, 0.25) is 0 Å². The van der Waals surface area contributed by atoms with Gasteiger partial charge in [0, 0.05) is 19.2 Å². The number of tetrazole rings is 1. The number of benzene rings is 1. The molecule has 0 bridgehead atoms. The van der Waals surface area contributed by atoms with Crippen LogP contribution in [0.3, 0.4) is 0 Å². The Kier molecular flexibility index (Phi) is 4.19. The lowest BCUT2D eigenvalue weighted by molar-refractivity contribution is 0.0937. The lowest BCUT2D eigenvalue weighted by Gasteiger charge is -2.06. The lowest BCUT2D eigenvalue weighted by Crippen LogP contribution is -2.26. The Morgan fingerprint density at radius 2 is 2.11 bits per heavy atom. The first-order valence-corrected chi connectivity index (χ1v) is 5.85. The minimum atomic E-state index is -0.128. The molecule has 0 radical (unpaired) electrons. The van der Waals surface area contributed by atoms with Crippen LogP contribution in [0, 0.1) is 6.92 Å². The van der Waals surface area contributed by atoms with Crippen molar-refractivity contribution in [2.45, 2.75) is 6.92 Å². The number of nitrogens with one attached hydrogen (secondary N) is 1. The largest absolute Gasteiger partial charge is 0.383 e. The Balaban J connectivity index is 2.06. The van der Waals surface area contributed by atoms with Gasteiger partial charge in [-0.2, -0.15) is 4.68 Å². The maximum absolute atomic E-state index is 11.8. The minimum absolute atomic E-state index is 0.128. The summed E-state index contributed by atoms with van der Waals surface area (Å²) in [7, 11) is 1.59. The fourth-order valence-electron chi connectivity index (χ4n) is 1.59. The molecule has 0 aliphatic carbocycles. The van der Waals surface area contributed by atoms with E-state index in [9.17, 15) is 4.79 Å². The van der Waals surface area contributed by atoms with E-state index in [-0.39, 0.29) is 5.91 Å². The summed E-state index contributed by atoms with van der Waals surface area (Å²) in [6.45, 7) is 2.79. The highest BCUT2D eigenvalue weighted by Gasteiger charge is 2.07. The molecule has 1 heterocycles. The third-order valence-corrected chi connectivity index (χ3v) is 2.59. The molecule has 2 rings (SSSR count). The number of carbonyl (C=O) groups is 1. The Hall–Kier alpha value is -2.28.